The second-order valence-electron chi connectivity index (χ2n) is 7.28. The van der Waals surface area contributed by atoms with E-state index in [9.17, 15) is 9.59 Å². The molecule has 1 aromatic rings. The molecule has 2 rings (SSSR count). The molecule has 1 amide bonds. The zero-order chi connectivity index (χ0) is 22.8. The van der Waals surface area contributed by atoms with Gasteiger partial charge in [-0.05, 0) is 50.7 Å². The summed E-state index contributed by atoms with van der Waals surface area (Å²) in [7, 11) is 7.02. The van der Waals surface area contributed by atoms with Gasteiger partial charge in [-0.25, -0.2) is 0 Å². The summed E-state index contributed by atoms with van der Waals surface area (Å²) in [6.45, 7) is 1.68. The van der Waals surface area contributed by atoms with Crippen LogP contribution in [0.25, 0.3) is 6.08 Å². The Morgan fingerprint density at radius 2 is 1.90 bits per heavy atom. The predicted molar refractivity (Wildman–Crippen MR) is 127 cm³/mol. The third kappa shape index (κ3) is 7.83. The Bertz CT molecular complexity index is 826. The van der Waals surface area contributed by atoms with Gasteiger partial charge in [-0.3, -0.25) is 14.5 Å². The minimum Gasteiger partial charge on any atom is -0.493 e. The van der Waals surface area contributed by atoms with Crippen LogP contribution >= 0.6 is 24.0 Å². The quantitative estimate of drug-likeness (QED) is 0.200. The highest BCUT2D eigenvalue weighted by Gasteiger charge is 2.31. The number of hydrogen-bond donors (Lipinski definition) is 0. The first kappa shape index (κ1) is 25.2. The fraction of sp³-hybridized carbons (Fsp3) is 0.500. The monoisotopic (exact) mass is 466 g/mol. The number of unbranched alkanes of at least 4 members (excludes halogenated alkanes) is 2. The largest absolute Gasteiger partial charge is 0.493 e. The summed E-state index contributed by atoms with van der Waals surface area (Å²) in [4.78, 5) is 28.6. The highest BCUT2D eigenvalue weighted by Crippen LogP contribution is 2.34. The third-order valence-electron chi connectivity index (χ3n) is 4.64. The van der Waals surface area contributed by atoms with Crippen LogP contribution < -0.4 is 9.47 Å². The first-order valence-electron chi connectivity index (χ1n) is 10.1. The molecule has 1 aliphatic heterocycles. The maximum atomic E-state index is 12.8. The number of thioether (sulfide) groups is 1. The molecule has 1 aromatic carbocycles. The molecule has 1 fully saturated rings. The van der Waals surface area contributed by atoms with E-state index in [0.717, 1.165) is 31.4 Å². The van der Waals surface area contributed by atoms with Gasteiger partial charge in [0.05, 0.1) is 19.1 Å². The average Bonchev–Trinajstić information content (AvgIpc) is 3.00. The summed E-state index contributed by atoms with van der Waals surface area (Å²) in [6, 6.07) is 5.49. The molecule has 0 bridgehead atoms. The van der Waals surface area contributed by atoms with Crippen molar-refractivity contribution in [2.45, 2.75) is 25.7 Å². The number of likely N-dealkylation sites (N-methyl/N-ethyl adjacent to an activating group) is 1. The van der Waals surface area contributed by atoms with Gasteiger partial charge in [0.2, 0.25) is 0 Å². The van der Waals surface area contributed by atoms with Crippen molar-refractivity contribution < 1.29 is 23.8 Å². The fourth-order valence-electron chi connectivity index (χ4n) is 2.92. The SMILES string of the molecule is COc1ccc(/C=C2\SC(=S)N(CCCCCC(=O)OCCN(C)C)C2=O)cc1OC. The number of esters is 1. The van der Waals surface area contributed by atoms with Gasteiger partial charge in [0.25, 0.3) is 5.91 Å². The molecule has 0 aromatic heterocycles. The molecule has 170 valence electrons. The first-order valence-corrected chi connectivity index (χ1v) is 11.4. The Morgan fingerprint density at radius 1 is 1.16 bits per heavy atom. The smallest absolute Gasteiger partial charge is 0.305 e. The maximum Gasteiger partial charge on any atom is 0.305 e. The number of benzene rings is 1. The minimum absolute atomic E-state index is 0.0899. The van der Waals surface area contributed by atoms with E-state index in [-0.39, 0.29) is 11.9 Å². The summed E-state index contributed by atoms with van der Waals surface area (Å²) >= 11 is 6.69. The lowest BCUT2D eigenvalue weighted by atomic mass is 10.1. The highest BCUT2D eigenvalue weighted by atomic mass is 32.2. The normalized spacial score (nSPS) is 15.1. The number of ether oxygens (including phenoxy) is 3. The average molecular weight is 467 g/mol. The molecule has 0 radical (unpaired) electrons. The van der Waals surface area contributed by atoms with E-state index < -0.39 is 0 Å². The molecule has 0 N–H and O–H groups in total. The van der Waals surface area contributed by atoms with Crippen molar-refractivity contribution in [2.24, 2.45) is 0 Å². The van der Waals surface area contributed by atoms with Crippen LogP contribution in [0.5, 0.6) is 11.5 Å². The van der Waals surface area contributed by atoms with E-state index in [0.29, 0.717) is 40.3 Å². The van der Waals surface area contributed by atoms with Crippen LogP contribution in [0.1, 0.15) is 31.2 Å². The Balaban J connectivity index is 1.80. The molecule has 0 saturated carbocycles. The van der Waals surface area contributed by atoms with Gasteiger partial charge in [0.1, 0.15) is 10.9 Å². The second-order valence-corrected chi connectivity index (χ2v) is 8.96. The second kappa shape index (κ2) is 12.7. The van der Waals surface area contributed by atoms with Crippen LogP contribution in [0.4, 0.5) is 0 Å². The number of amides is 1. The van der Waals surface area contributed by atoms with E-state index in [1.165, 1.54) is 11.8 Å². The molecule has 0 spiro atoms. The van der Waals surface area contributed by atoms with Crippen molar-refractivity contribution in [1.29, 1.82) is 0 Å². The molecule has 0 aliphatic carbocycles. The van der Waals surface area contributed by atoms with E-state index in [1.54, 1.807) is 25.2 Å². The molecule has 1 saturated heterocycles. The summed E-state index contributed by atoms with van der Waals surface area (Å²) in [5.74, 6) is 0.971. The van der Waals surface area contributed by atoms with E-state index >= 15 is 0 Å². The molecular formula is C22H30N2O5S2. The standard InChI is InChI=1S/C22H30N2O5S2/c1-23(2)12-13-29-20(25)8-6-5-7-11-24-21(26)19(31-22(24)30)15-16-9-10-17(27-3)18(14-16)28-4/h9-10,14-15H,5-8,11-13H2,1-4H3/b19-15-. The number of nitrogens with zero attached hydrogens (tertiary/aromatic N) is 2. The molecule has 31 heavy (non-hydrogen) atoms. The molecule has 1 aliphatic rings. The minimum atomic E-state index is -0.176. The van der Waals surface area contributed by atoms with Crippen LogP contribution in [0.2, 0.25) is 0 Å². The van der Waals surface area contributed by atoms with Crippen LogP contribution in [0.3, 0.4) is 0 Å². The lowest BCUT2D eigenvalue weighted by molar-refractivity contribution is -0.144. The summed E-state index contributed by atoms with van der Waals surface area (Å²) in [6.07, 6.45) is 4.54. The Morgan fingerprint density at radius 3 is 2.58 bits per heavy atom. The zero-order valence-electron chi connectivity index (χ0n) is 18.5. The number of thiocarbonyl (C=S) groups is 1. The maximum absolute atomic E-state index is 12.8. The molecule has 1 heterocycles. The molecule has 0 atom stereocenters. The van der Waals surface area contributed by atoms with Crippen molar-refractivity contribution in [3.63, 3.8) is 0 Å². The van der Waals surface area contributed by atoms with Gasteiger partial charge in [-0.1, -0.05) is 36.5 Å². The van der Waals surface area contributed by atoms with E-state index in [1.807, 2.05) is 37.2 Å². The topological polar surface area (TPSA) is 68.3 Å². The van der Waals surface area contributed by atoms with Crippen molar-refractivity contribution >= 4 is 46.3 Å². The van der Waals surface area contributed by atoms with Gasteiger partial charge in [-0.2, -0.15) is 0 Å². The van der Waals surface area contributed by atoms with Crippen LogP contribution in [-0.2, 0) is 14.3 Å². The number of carbonyl (C=O) groups is 2. The Hall–Kier alpha value is -2.10. The zero-order valence-corrected chi connectivity index (χ0v) is 20.1. The summed E-state index contributed by atoms with van der Waals surface area (Å²) < 4.78 is 16.3. The van der Waals surface area contributed by atoms with Crippen LogP contribution in [-0.4, -0.2) is 74.0 Å². The Labute approximate surface area is 193 Å². The Kier molecular flexibility index (Phi) is 10.3. The molecule has 9 heteroatoms. The molecule has 7 nitrogen and oxygen atoms in total. The van der Waals surface area contributed by atoms with Gasteiger partial charge >= 0.3 is 5.97 Å². The number of carbonyl (C=O) groups excluding carboxylic acids is 2. The van der Waals surface area contributed by atoms with Crippen LogP contribution in [0.15, 0.2) is 23.1 Å². The lowest BCUT2D eigenvalue weighted by Gasteiger charge is -2.14. The van der Waals surface area contributed by atoms with Gasteiger partial charge in [0.15, 0.2) is 11.5 Å². The van der Waals surface area contributed by atoms with Crippen LogP contribution in [0, 0.1) is 0 Å². The molecular weight excluding hydrogens is 436 g/mol. The van der Waals surface area contributed by atoms with Crippen molar-refractivity contribution in [3.8, 4) is 11.5 Å². The van der Waals surface area contributed by atoms with Crippen molar-refractivity contribution in [2.75, 3.05) is 48.0 Å². The van der Waals surface area contributed by atoms with E-state index in [2.05, 4.69) is 0 Å². The predicted octanol–water partition coefficient (Wildman–Crippen LogP) is 3.57. The lowest BCUT2D eigenvalue weighted by Crippen LogP contribution is -2.29. The number of rotatable bonds is 12. The van der Waals surface area contributed by atoms with Gasteiger partial charge in [-0.15, -0.1) is 0 Å². The summed E-state index contributed by atoms with van der Waals surface area (Å²) in [5.41, 5.74) is 0.839. The van der Waals surface area contributed by atoms with Crippen molar-refractivity contribution in [1.82, 2.24) is 9.80 Å². The first-order chi connectivity index (χ1) is 14.8. The third-order valence-corrected chi connectivity index (χ3v) is 6.02. The van der Waals surface area contributed by atoms with Gasteiger partial charge < -0.3 is 19.1 Å². The van der Waals surface area contributed by atoms with Crippen molar-refractivity contribution in [3.05, 3.63) is 28.7 Å². The number of methoxy groups -OCH3 is 2. The fourth-order valence-corrected chi connectivity index (χ4v) is 4.23. The highest BCUT2D eigenvalue weighted by molar-refractivity contribution is 8.26. The summed E-state index contributed by atoms with van der Waals surface area (Å²) in [5, 5.41) is 0. The van der Waals surface area contributed by atoms with E-state index in [4.69, 9.17) is 26.4 Å². The number of hydrogen-bond acceptors (Lipinski definition) is 8. The molecule has 0 unspecified atom stereocenters. The van der Waals surface area contributed by atoms with Gasteiger partial charge in [0, 0.05) is 19.5 Å².